The van der Waals surface area contributed by atoms with Crippen molar-refractivity contribution in [3.05, 3.63) is 0 Å². The average molecular weight is 160 g/mol. The Labute approximate surface area is 69.6 Å². The zero-order chi connectivity index (χ0) is 8.69. The summed E-state index contributed by atoms with van der Waals surface area (Å²) in [6, 6.07) is 0. The Morgan fingerprint density at radius 2 is 2.00 bits per heavy atom. The summed E-state index contributed by atoms with van der Waals surface area (Å²) in [5.41, 5.74) is 0. The zero-order valence-electron chi connectivity index (χ0n) is 7.84. The first-order chi connectivity index (χ1) is 5.20. The Morgan fingerprint density at radius 1 is 1.36 bits per heavy atom. The van der Waals surface area contributed by atoms with E-state index in [1.54, 1.807) is 0 Å². The molecular formula is C9H20O2. The molecule has 0 aliphatic carbocycles. The summed E-state index contributed by atoms with van der Waals surface area (Å²) in [6.45, 7) is 6.96. The van der Waals surface area contributed by atoms with Gasteiger partial charge in [0.15, 0.2) is 6.29 Å². The zero-order valence-corrected chi connectivity index (χ0v) is 7.84. The molecule has 0 aromatic heterocycles. The van der Waals surface area contributed by atoms with Crippen LogP contribution in [0.2, 0.25) is 0 Å². The summed E-state index contributed by atoms with van der Waals surface area (Å²) < 4.78 is 5.19. The quantitative estimate of drug-likeness (QED) is 0.603. The van der Waals surface area contributed by atoms with Gasteiger partial charge >= 0.3 is 0 Å². The third-order valence-corrected chi connectivity index (χ3v) is 1.81. The summed E-state index contributed by atoms with van der Waals surface area (Å²) in [7, 11) is 0. The Hall–Kier alpha value is -0.0800. The van der Waals surface area contributed by atoms with E-state index in [4.69, 9.17) is 4.74 Å². The first-order valence-corrected chi connectivity index (χ1v) is 4.50. The van der Waals surface area contributed by atoms with E-state index in [1.807, 2.05) is 6.92 Å². The van der Waals surface area contributed by atoms with Gasteiger partial charge in [0.2, 0.25) is 0 Å². The lowest BCUT2D eigenvalue weighted by Gasteiger charge is -2.13. The highest BCUT2D eigenvalue weighted by Crippen LogP contribution is 2.04. The molecule has 0 aliphatic heterocycles. The van der Waals surface area contributed by atoms with E-state index < -0.39 is 6.29 Å². The lowest BCUT2D eigenvalue weighted by atomic mass is 10.1. The average Bonchev–Trinajstić information content (AvgIpc) is 2.01. The van der Waals surface area contributed by atoms with Crippen LogP contribution in [0.5, 0.6) is 0 Å². The predicted octanol–water partition coefficient (Wildman–Crippen LogP) is 2.17. The molecule has 0 fully saturated rings. The number of ether oxygens (including phenoxy) is 1. The van der Waals surface area contributed by atoms with Crippen LogP contribution in [0.15, 0.2) is 0 Å². The van der Waals surface area contributed by atoms with Crippen molar-refractivity contribution < 1.29 is 9.84 Å². The van der Waals surface area contributed by atoms with E-state index in [0.29, 0.717) is 12.5 Å². The van der Waals surface area contributed by atoms with Gasteiger partial charge in [-0.05, 0) is 12.3 Å². The fourth-order valence-electron chi connectivity index (χ4n) is 0.723. The standard InChI is InChI=1S/C9H20O2/c1-4-6-9(10)11-7-8(3)5-2/h8-10H,4-7H2,1-3H3. The highest BCUT2D eigenvalue weighted by Gasteiger charge is 2.04. The van der Waals surface area contributed by atoms with Crippen LogP contribution in [-0.2, 0) is 4.74 Å². The van der Waals surface area contributed by atoms with Crippen molar-refractivity contribution in [2.45, 2.75) is 46.3 Å². The lowest BCUT2D eigenvalue weighted by Crippen LogP contribution is -2.15. The lowest BCUT2D eigenvalue weighted by molar-refractivity contribution is -0.112. The Balaban J connectivity index is 3.22. The van der Waals surface area contributed by atoms with Gasteiger partial charge in [-0.25, -0.2) is 0 Å². The summed E-state index contributed by atoms with van der Waals surface area (Å²) in [6.07, 6.45) is 2.28. The van der Waals surface area contributed by atoms with Gasteiger partial charge in [-0.2, -0.15) is 0 Å². The van der Waals surface area contributed by atoms with Gasteiger partial charge in [-0.15, -0.1) is 0 Å². The minimum Gasteiger partial charge on any atom is -0.368 e. The molecule has 0 bridgehead atoms. The molecule has 1 N–H and O–H groups in total. The highest BCUT2D eigenvalue weighted by molar-refractivity contribution is 4.47. The van der Waals surface area contributed by atoms with Gasteiger partial charge in [0.25, 0.3) is 0 Å². The third kappa shape index (κ3) is 6.32. The van der Waals surface area contributed by atoms with E-state index in [-0.39, 0.29) is 0 Å². The van der Waals surface area contributed by atoms with Crippen molar-refractivity contribution in [3.63, 3.8) is 0 Å². The van der Waals surface area contributed by atoms with Crippen LogP contribution in [0.25, 0.3) is 0 Å². The summed E-state index contributed by atoms with van der Waals surface area (Å²) in [5, 5.41) is 9.17. The van der Waals surface area contributed by atoms with Crippen LogP contribution in [0.3, 0.4) is 0 Å². The van der Waals surface area contributed by atoms with Gasteiger partial charge in [-0.3, -0.25) is 0 Å². The second-order valence-electron chi connectivity index (χ2n) is 3.09. The fourth-order valence-corrected chi connectivity index (χ4v) is 0.723. The second kappa shape index (κ2) is 6.62. The fraction of sp³-hybridized carbons (Fsp3) is 1.00. The van der Waals surface area contributed by atoms with Crippen molar-refractivity contribution in [1.29, 1.82) is 0 Å². The van der Waals surface area contributed by atoms with E-state index >= 15 is 0 Å². The summed E-state index contributed by atoms with van der Waals surface area (Å²) in [4.78, 5) is 0. The molecule has 0 aliphatic rings. The molecule has 11 heavy (non-hydrogen) atoms. The van der Waals surface area contributed by atoms with Gasteiger partial charge in [0, 0.05) is 0 Å². The Kier molecular flexibility index (Phi) is 6.57. The van der Waals surface area contributed by atoms with Gasteiger partial charge in [0.1, 0.15) is 0 Å². The molecule has 2 atom stereocenters. The summed E-state index contributed by atoms with van der Waals surface area (Å²) >= 11 is 0. The molecule has 0 saturated carbocycles. The minimum absolute atomic E-state index is 0.547. The van der Waals surface area contributed by atoms with Crippen LogP contribution in [-0.4, -0.2) is 18.0 Å². The van der Waals surface area contributed by atoms with E-state index in [2.05, 4.69) is 13.8 Å². The molecule has 68 valence electrons. The molecule has 0 spiro atoms. The molecule has 0 amide bonds. The van der Waals surface area contributed by atoms with E-state index in [0.717, 1.165) is 19.3 Å². The molecule has 0 rings (SSSR count). The van der Waals surface area contributed by atoms with E-state index in [9.17, 15) is 5.11 Å². The molecular weight excluding hydrogens is 140 g/mol. The third-order valence-electron chi connectivity index (χ3n) is 1.81. The maximum absolute atomic E-state index is 9.17. The molecule has 2 unspecified atom stereocenters. The molecule has 0 radical (unpaired) electrons. The van der Waals surface area contributed by atoms with Crippen LogP contribution in [0.1, 0.15) is 40.0 Å². The van der Waals surface area contributed by atoms with Gasteiger partial charge < -0.3 is 9.84 Å². The Bertz CT molecular complexity index is 83.6. The van der Waals surface area contributed by atoms with Crippen LogP contribution < -0.4 is 0 Å². The topological polar surface area (TPSA) is 29.5 Å². The number of aliphatic hydroxyl groups is 1. The first kappa shape index (κ1) is 10.9. The number of hydrogen-bond acceptors (Lipinski definition) is 2. The normalized spacial score (nSPS) is 16.4. The molecule has 0 aromatic carbocycles. The number of hydrogen-bond donors (Lipinski definition) is 1. The Morgan fingerprint density at radius 3 is 2.45 bits per heavy atom. The monoisotopic (exact) mass is 160 g/mol. The smallest absolute Gasteiger partial charge is 0.154 e. The van der Waals surface area contributed by atoms with Crippen LogP contribution >= 0.6 is 0 Å². The predicted molar refractivity (Wildman–Crippen MR) is 46.3 cm³/mol. The highest BCUT2D eigenvalue weighted by atomic mass is 16.6. The van der Waals surface area contributed by atoms with Crippen molar-refractivity contribution in [1.82, 2.24) is 0 Å². The maximum atomic E-state index is 9.17. The SMILES string of the molecule is CCCC(O)OCC(C)CC. The minimum atomic E-state index is -0.547. The number of rotatable bonds is 6. The second-order valence-corrected chi connectivity index (χ2v) is 3.09. The molecule has 2 nitrogen and oxygen atoms in total. The van der Waals surface area contributed by atoms with Crippen molar-refractivity contribution in [3.8, 4) is 0 Å². The van der Waals surface area contributed by atoms with Crippen molar-refractivity contribution in [2.75, 3.05) is 6.61 Å². The van der Waals surface area contributed by atoms with Gasteiger partial charge in [0.05, 0.1) is 6.61 Å². The van der Waals surface area contributed by atoms with Crippen molar-refractivity contribution in [2.24, 2.45) is 5.92 Å². The molecule has 0 aromatic rings. The van der Waals surface area contributed by atoms with Crippen LogP contribution in [0, 0.1) is 5.92 Å². The van der Waals surface area contributed by atoms with Crippen molar-refractivity contribution >= 4 is 0 Å². The van der Waals surface area contributed by atoms with Gasteiger partial charge in [-0.1, -0.05) is 33.6 Å². The maximum Gasteiger partial charge on any atom is 0.154 e. The molecule has 0 saturated heterocycles. The molecule has 2 heteroatoms. The van der Waals surface area contributed by atoms with Crippen LogP contribution in [0.4, 0.5) is 0 Å². The molecule has 0 heterocycles. The first-order valence-electron chi connectivity index (χ1n) is 4.50. The van der Waals surface area contributed by atoms with E-state index in [1.165, 1.54) is 0 Å². The number of aliphatic hydroxyl groups excluding tert-OH is 1. The largest absolute Gasteiger partial charge is 0.368 e. The summed E-state index contributed by atoms with van der Waals surface area (Å²) in [5.74, 6) is 0.557.